The maximum Gasteiger partial charge on any atom is 0.338 e. The minimum Gasteiger partial charge on any atom is -0.452 e. The van der Waals surface area contributed by atoms with Crippen LogP contribution in [0.25, 0.3) is 0 Å². The molecule has 1 N–H and O–H groups in total. The van der Waals surface area contributed by atoms with Gasteiger partial charge in [0.25, 0.3) is 5.91 Å². The first-order chi connectivity index (χ1) is 11.0. The zero-order chi connectivity index (χ0) is 16.8. The Morgan fingerprint density at radius 1 is 1.13 bits per heavy atom. The first-order valence-corrected chi connectivity index (χ1v) is 7.69. The largest absolute Gasteiger partial charge is 0.452 e. The molecule has 0 aliphatic rings. The van der Waals surface area contributed by atoms with Crippen LogP contribution in [0, 0.1) is 0 Å². The zero-order valence-electron chi connectivity index (χ0n) is 12.4. The molecule has 2 aromatic rings. The van der Waals surface area contributed by atoms with Crippen molar-refractivity contribution in [2.75, 3.05) is 6.61 Å². The molecule has 1 atom stereocenters. The molecular weight excluding hydrogens is 337 g/mol. The summed E-state index contributed by atoms with van der Waals surface area (Å²) in [7, 11) is 0. The van der Waals surface area contributed by atoms with E-state index in [1.54, 1.807) is 31.2 Å². The molecule has 4 nitrogen and oxygen atoms in total. The summed E-state index contributed by atoms with van der Waals surface area (Å²) in [5, 5.41) is 3.72. The van der Waals surface area contributed by atoms with Gasteiger partial charge in [-0.05, 0) is 36.8 Å². The fraction of sp³-hybridized carbons (Fsp3) is 0.176. The van der Waals surface area contributed by atoms with E-state index in [1.165, 1.54) is 6.07 Å². The van der Waals surface area contributed by atoms with E-state index in [9.17, 15) is 9.59 Å². The highest BCUT2D eigenvalue weighted by Gasteiger charge is 2.14. The van der Waals surface area contributed by atoms with Crippen LogP contribution < -0.4 is 5.32 Å². The molecular formula is C17H15Cl2NO3. The molecule has 0 saturated carbocycles. The Balaban J connectivity index is 1.88. The number of rotatable bonds is 5. The summed E-state index contributed by atoms with van der Waals surface area (Å²) < 4.78 is 4.97. The second kappa shape index (κ2) is 7.99. The van der Waals surface area contributed by atoms with Crippen molar-refractivity contribution < 1.29 is 14.3 Å². The molecule has 0 unspecified atom stereocenters. The van der Waals surface area contributed by atoms with Crippen molar-refractivity contribution in [2.24, 2.45) is 0 Å². The van der Waals surface area contributed by atoms with E-state index in [0.717, 1.165) is 5.56 Å². The summed E-state index contributed by atoms with van der Waals surface area (Å²) in [6.45, 7) is 1.43. The van der Waals surface area contributed by atoms with Crippen LogP contribution >= 0.6 is 23.2 Å². The predicted octanol–water partition coefficient (Wildman–Crippen LogP) is 4.03. The number of nitrogens with one attached hydrogen (secondary N) is 1. The first kappa shape index (κ1) is 17.3. The number of esters is 1. The molecule has 120 valence electrons. The van der Waals surface area contributed by atoms with E-state index in [4.69, 9.17) is 27.9 Å². The number of hydrogen-bond donors (Lipinski definition) is 1. The quantitative estimate of drug-likeness (QED) is 0.827. The van der Waals surface area contributed by atoms with Gasteiger partial charge >= 0.3 is 5.97 Å². The van der Waals surface area contributed by atoms with Crippen LogP contribution in [-0.4, -0.2) is 18.5 Å². The van der Waals surface area contributed by atoms with E-state index in [-0.39, 0.29) is 12.6 Å². The van der Waals surface area contributed by atoms with Gasteiger partial charge in [0, 0.05) is 10.0 Å². The van der Waals surface area contributed by atoms with Crippen LogP contribution in [0.15, 0.2) is 48.5 Å². The van der Waals surface area contributed by atoms with Gasteiger partial charge in [0.15, 0.2) is 6.61 Å². The highest BCUT2D eigenvalue weighted by Crippen LogP contribution is 2.21. The topological polar surface area (TPSA) is 55.4 Å². The van der Waals surface area contributed by atoms with Crippen molar-refractivity contribution in [1.82, 2.24) is 5.32 Å². The van der Waals surface area contributed by atoms with Gasteiger partial charge in [-0.25, -0.2) is 4.79 Å². The van der Waals surface area contributed by atoms with Crippen molar-refractivity contribution in [1.29, 1.82) is 0 Å². The van der Waals surface area contributed by atoms with Gasteiger partial charge in [0.05, 0.1) is 11.6 Å². The SMILES string of the molecule is C[C@H](NC(=O)COC(=O)c1cccc(Cl)c1)c1ccccc1Cl. The van der Waals surface area contributed by atoms with Crippen molar-refractivity contribution in [2.45, 2.75) is 13.0 Å². The second-order valence-corrected chi connectivity index (χ2v) is 5.74. The van der Waals surface area contributed by atoms with Crippen LogP contribution in [0.5, 0.6) is 0 Å². The van der Waals surface area contributed by atoms with Crippen LogP contribution in [0.3, 0.4) is 0 Å². The molecule has 2 aromatic carbocycles. The number of ether oxygens (including phenoxy) is 1. The maximum atomic E-state index is 11.9. The molecule has 2 rings (SSSR count). The van der Waals surface area contributed by atoms with E-state index < -0.39 is 11.9 Å². The van der Waals surface area contributed by atoms with Crippen LogP contribution in [0.1, 0.15) is 28.9 Å². The summed E-state index contributed by atoms with van der Waals surface area (Å²) in [5.74, 6) is -1.01. The van der Waals surface area contributed by atoms with Crippen LogP contribution in [0.2, 0.25) is 10.0 Å². The minimum absolute atomic E-state index is 0.291. The third kappa shape index (κ3) is 4.98. The van der Waals surface area contributed by atoms with Crippen molar-refractivity contribution in [3.05, 3.63) is 69.7 Å². The van der Waals surface area contributed by atoms with Gasteiger partial charge in [0.2, 0.25) is 0 Å². The summed E-state index contributed by atoms with van der Waals surface area (Å²) in [6, 6.07) is 13.3. The molecule has 1 amide bonds. The Labute approximate surface area is 144 Å². The minimum atomic E-state index is -0.604. The third-order valence-corrected chi connectivity index (χ3v) is 3.72. The van der Waals surface area contributed by atoms with Gasteiger partial charge in [-0.3, -0.25) is 4.79 Å². The average Bonchev–Trinajstić information content (AvgIpc) is 2.53. The Morgan fingerprint density at radius 3 is 2.57 bits per heavy atom. The lowest BCUT2D eigenvalue weighted by Crippen LogP contribution is -2.31. The maximum absolute atomic E-state index is 11.9. The summed E-state index contributed by atoms with van der Waals surface area (Å²) in [6.07, 6.45) is 0. The van der Waals surface area contributed by atoms with Crippen molar-refractivity contribution >= 4 is 35.1 Å². The lowest BCUT2D eigenvalue weighted by Gasteiger charge is -2.15. The normalized spacial score (nSPS) is 11.6. The van der Waals surface area contributed by atoms with E-state index in [1.807, 2.05) is 18.2 Å². The van der Waals surface area contributed by atoms with Crippen LogP contribution in [0.4, 0.5) is 0 Å². The predicted molar refractivity (Wildman–Crippen MR) is 89.7 cm³/mol. The lowest BCUT2D eigenvalue weighted by molar-refractivity contribution is -0.124. The van der Waals surface area contributed by atoms with Crippen LogP contribution in [-0.2, 0) is 9.53 Å². The van der Waals surface area contributed by atoms with Gasteiger partial charge in [-0.15, -0.1) is 0 Å². The number of hydrogen-bond acceptors (Lipinski definition) is 3. The number of halogens is 2. The molecule has 0 aliphatic carbocycles. The first-order valence-electron chi connectivity index (χ1n) is 6.94. The Kier molecular flexibility index (Phi) is 6.02. The molecule has 0 saturated heterocycles. The number of carbonyl (C=O) groups excluding carboxylic acids is 2. The Bertz CT molecular complexity index is 718. The molecule has 0 radical (unpaired) electrons. The number of benzene rings is 2. The van der Waals surface area contributed by atoms with Crippen molar-refractivity contribution in [3.8, 4) is 0 Å². The molecule has 0 aliphatic heterocycles. The lowest BCUT2D eigenvalue weighted by atomic mass is 10.1. The highest BCUT2D eigenvalue weighted by molar-refractivity contribution is 6.31. The fourth-order valence-corrected chi connectivity index (χ4v) is 2.51. The van der Waals surface area contributed by atoms with Gasteiger partial charge in [0.1, 0.15) is 0 Å². The summed E-state index contributed by atoms with van der Waals surface area (Å²) in [5.41, 5.74) is 1.09. The van der Waals surface area contributed by atoms with Gasteiger partial charge in [-0.2, -0.15) is 0 Å². The monoisotopic (exact) mass is 351 g/mol. The fourth-order valence-electron chi connectivity index (χ4n) is 2.02. The zero-order valence-corrected chi connectivity index (χ0v) is 13.9. The van der Waals surface area contributed by atoms with E-state index >= 15 is 0 Å². The molecule has 0 fully saturated rings. The second-order valence-electron chi connectivity index (χ2n) is 4.90. The molecule has 0 bridgehead atoms. The van der Waals surface area contributed by atoms with E-state index in [2.05, 4.69) is 5.32 Å². The average molecular weight is 352 g/mol. The third-order valence-electron chi connectivity index (χ3n) is 3.14. The number of carbonyl (C=O) groups is 2. The smallest absolute Gasteiger partial charge is 0.338 e. The summed E-state index contributed by atoms with van der Waals surface area (Å²) >= 11 is 11.9. The van der Waals surface area contributed by atoms with E-state index in [0.29, 0.717) is 15.6 Å². The Hall–Kier alpha value is -2.04. The molecule has 0 spiro atoms. The molecule has 0 aromatic heterocycles. The Morgan fingerprint density at radius 2 is 1.87 bits per heavy atom. The van der Waals surface area contributed by atoms with Gasteiger partial charge in [-0.1, -0.05) is 47.5 Å². The molecule has 23 heavy (non-hydrogen) atoms. The van der Waals surface area contributed by atoms with Crippen molar-refractivity contribution in [3.63, 3.8) is 0 Å². The summed E-state index contributed by atoms with van der Waals surface area (Å²) in [4.78, 5) is 23.7. The molecule has 6 heteroatoms. The standard InChI is InChI=1S/C17H15Cl2NO3/c1-11(14-7-2-3-8-15(14)19)20-16(21)10-23-17(22)12-5-4-6-13(18)9-12/h2-9,11H,10H2,1H3,(H,20,21)/t11-/m0/s1. The van der Waals surface area contributed by atoms with Gasteiger partial charge < -0.3 is 10.1 Å². The number of amides is 1. The molecule has 0 heterocycles. The highest BCUT2D eigenvalue weighted by atomic mass is 35.5.